The van der Waals surface area contributed by atoms with E-state index in [4.69, 9.17) is 0 Å². The van der Waals surface area contributed by atoms with E-state index in [9.17, 15) is 24.6 Å². The molecule has 1 aromatic carbocycles. The van der Waals surface area contributed by atoms with Gasteiger partial charge in [-0.15, -0.1) is 0 Å². The second-order valence-electron chi connectivity index (χ2n) is 11.7. The van der Waals surface area contributed by atoms with Crippen molar-refractivity contribution in [2.45, 2.75) is 62.7 Å². The van der Waals surface area contributed by atoms with Gasteiger partial charge in [0.15, 0.2) is 16.6 Å². The van der Waals surface area contributed by atoms with Gasteiger partial charge in [0, 0.05) is 16.7 Å². The Hall–Kier alpha value is -2.55. The van der Waals surface area contributed by atoms with Crippen LogP contribution in [0.1, 0.15) is 46.0 Å². The lowest BCUT2D eigenvalue weighted by molar-refractivity contribution is -0.174. The molecule has 0 radical (unpaired) electrons. The second-order valence-corrected chi connectivity index (χ2v) is 12.7. The van der Waals surface area contributed by atoms with Gasteiger partial charge >= 0.3 is 0 Å². The number of carbonyl (C=O) groups is 2. The van der Waals surface area contributed by atoms with Crippen LogP contribution in [-0.2, 0) is 9.59 Å². The van der Waals surface area contributed by atoms with Crippen LogP contribution in [0.25, 0.3) is 11.0 Å². The highest BCUT2D eigenvalue weighted by Gasteiger charge is 2.68. The van der Waals surface area contributed by atoms with Gasteiger partial charge in [-0.05, 0) is 68.2 Å². The number of aliphatic hydroxyl groups excluding tert-OH is 1. The zero-order chi connectivity index (χ0) is 26.2. The molecule has 3 N–H and O–H groups in total. The summed E-state index contributed by atoms with van der Waals surface area (Å²) >= 11 is 1.06. The van der Waals surface area contributed by atoms with Gasteiger partial charge in [0.05, 0.1) is 22.9 Å². The number of rotatable bonds is 4. The van der Waals surface area contributed by atoms with Gasteiger partial charge in [-0.25, -0.2) is 4.98 Å². The predicted octanol–water partition coefficient (Wildman–Crippen LogP) is 3.59. The summed E-state index contributed by atoms with van der Waals surface area (Å²) < 4.78 is 0. The standard InChI is InChI=1S/C29H32N2O5S/c1-27-11-9-17(32)13-16(27)7-8-18-19-10-12-29(36,28(19,2)14-22(33)24(18)27)23(34)15-37-26-25(35)30-20-5-3-4-6-21(20)31-26/h3-6,9,11,13,18-19,22,24,33,36H,7-8,10,12,14-15H2,1-2H3,(H,30,35)/t18?,19?,22?,24?,27?,28?,29-/m0/s1. The van der Waals surface area contributed by atoms with Gasteiger partial charge in [-0.3, -0.25) is 14.4 Å². The van der Waals surface area contributed by atoms with E-state index in [1.165, 1.54) is 0 Å². The summed E-state index contributed by atoms with van der Waals surface area (Å²) in [5, 5.41) is 23.6. The number of thioether (sulfide) groups is 1. The van der Waals surface area contributed by atoms with E-state index in [0.717, 1.165) is 30.2 Å². The average Bonchev–Trinajstić information content (AvgIpc) is 3.13. The van der Waals surface area contributed by atoms with Gasteiger partial charge in [-0.2, -0.15) is 0 Å². The number of Topliss-reactive ketones (excluding diaryl/α,β-unsaturated/α-hetero) is 1. The minimum absolute atomic E-state index is 0.000795. The first kappa shape index (κ1) is 24.8. The Labute approximate surface area is 219 Å². The topological polar surface area (TPSA) is 120 Å². The number of hydrogen-bond donors (Lipinski definition) is 3. The van der Waals surface area contributed by atoms with Gasteiger partial charge < -0.3 is 15.2 Å². The van der Waals surface area contributed by atoms with E-state index >= 15 is 0 Å². The molecule has 1 aromatic heterocycles. The summed E-state index contributed by atoms with van der Waals surface area (Å²) in [6, 6.07) is 7.23. The van der Waals surface area contributed by atoms with E-state index in [1.54, 1.807) is 24.3 Å². The van der Waals surface area contributed by atoms with Crippen LogP contribution in [0, 0.1) is 28.6 Å². The molecule has 7 nitrogen and oxygen atoms in total. The van der Waals surface area contributed by atoms with Crippen molar-refractivity contribution in [2.24, 2.45) is 28.6 Å². The van der Waals surface area contributed by atoms with Crippen molar-refractivity contribution in [3.05, 3.63) is 58.4 Å². The van der Waals surface area contributed by atoms with Gasteiger partial charge in [-0.1, -0.05) is 49.4 Å². The molecule has 4 aliphatic rings. The molecule has 6 rings (SSSR count). The number of para-hydroxylation sites is 2. The molecule has 3 saturated carbocycles. The summed E-state index contributed by atoms with van der Waals surface area (Å²) in [6.07, 6.45) is 7.60. The van der Waals surface area contributed by atoms with Crippen LogP contribution in [0.15, 0.2) is 57.9 Å². The third-order valence-corrected chi connectivity index (χ3v) is 11.0. The monoisotopic (exact) mass is 520 g/mol. The maximum atomic E-state index is 13.6. The van der Waals surface area contributed by atoms with Crippen molar-refractivity contribution >= 4 is 34.4 Å². The van der Waals surface area contributed by atoms with Crippen LogP contribution < -0.4 is 5.56 Å². The molecule has 0 aliphatic heterocycles. The molecule has 3 fully saturated rings. The smallest absolute Gasteiger partial charge is 0.280 e. The fourth-order valence-corrected chi connectivity index (χ4v) is 9.00. The van der Waals surface area contributed by atoms with Crippen molar-refractivity contribution in [3.63, 3.8) is 0 Å². The molecule has 4 aliphatic carbocycles. The maximum absolute atomic E-state index is 13.6. The molecule has 0 bridgehead atoms. The summed E-state index contributed by atoms with van der Waals surface area (Å²) in [5.74, 6) is -0.193. The number of nitrogens with zero attached hydrogens (tertiary/aromatic N) is 1. The van der Waals surface area contributed by atoms with E-state index in [1.807, 2.05) is 25.1 Å². The number of aliphatic hydroxyl groups is 2. The molecular formula is C29H32N2O5S. The summed E-state index contributed by atoms with van der Waals surface area (Å²) in [7, 11) is 0. The molecule has 0 spiro atoms. The third-order valence-electron chi connectivity index (χ3n) is 10.0. The first-order chi connectivity index (χ1) is 17.6. The van der Waals surface area contributed by atoms with Gasteiger partial charge in [0.1, 0.15) is 5.60 Å². The van der Waals surface area contributed by atoms with Crippen LogP contribution in [0.5, 0.6) is 0 Å². The minimum atomic E-state index is -1.57. The molecule has 0 saturated heterocycles. The molecule has 2 aromatic rings. The van der Waals surface area contributed by atoms with E-state index in [-0.39, 0.29) is 51.1 Å². The third kappa shape index (κ3) is 3.56. The normalized spacial score (nSPS) is 38.6. The lowest BCUT2D eigenvalue weighted by atomic mass is 9.46. The fraction of sp³-hybridized carbons (Fsp3) is 0.517. The van der Waals surface area contributed by atoms with Crippen LogP contribution in [0.3, 0.4) is 0 Å². The highest BCUT2D eigenvalue weighted by Crippen LogP contribution is 2.67. The number of H-pyrrole nitrogens is 1. The highest BCUT2D eigenvalue weighted by molar-refractivity contribution is 7.99. The summed E-state index contributed by atoms with van der Waals surface area (Å²) in [5.41, 5.74) is -0.722. The molecule has 1 heterocycles. The van der Waals surface area contributed by atoms with Gasteiger partial charge in [0.25, 0.3) is 5.56 Å². The number of ketones is 2. The fourth-order valence-electron chi connectivity index (χ4n) is 8.15. The van der Waals surface area contributed by atoms with Crippen molar-refractivity contribution < 1.29 is 19.8 Å². The Kier molecular flexibility index (Phi) is 5.68. The van der Waals surface area contributed by atoms with Crippen LogP contribution in [0.4, 0.5) is 0 Å². The minimum Gasteiger partial charge on any atom is -0.393 e. The summed E-state index contributed by atoms with van der Waals surface area (Å²) in [4.78, 5) is 45.4. The second kappa shape index (κ2) is 8.48. The highest BCUT2D eigenvalue weighted by atomic mass is 32.2. The Morgan fingerprint density at radius 3 is 2.81 bits per heavy atom. The zero-order valence-corrected chi connectivity index (χ0v) is 21.9. The Bertz CT molecular complexity index is 1430. The Morgan fingerprint density at radius 2 is 2.00 bits per heavy atom. The Morgan fingerprint density at radius 1 is 1.22 bits per heavy atom. The van der Waals surface area contributed by atoms with Crippen LogP contribution in [-0.4, -0.2) is 49.2 Å². The van der Waals surface area contributed by atoms with Gasteiger partial charge in [0.2, 0.25) is 0 Å². The molecule has 0 amide bonds. The molecule has 37 heavy (non-hydrogen) atoms. The van der Waals surface area contributed by atoms with Crippen molar-refractivity contribution in [1.82, 2.24) is 9.97 Å². The van der Waals surface area contributed by atoms with E-state index < -0.39 is 17.1 Å². The number of carbonyl (C=O) groups excluding carboxylic acids is 2. The number of fused-ring (bicyclic) bond motifs is 6. The SMILES string of the molecule is CC12C=CC(=O)C=C1CCC1C2C(O)CC2(C)C1CC[C@]2(O)C(=O)CSc1nc2ccccc2[nH]c1=O. The molecule has 8 heteroatoms. The number of aromatic nitrogens is 2. The lowest BCUT2D eigenvalue weighted by Gasteiger charge is -2.59. The largest absolute Gasteiger partial charge is 0.393 e. The average molecular weight is 521 g/mol. The summed E-state index contributed by atoms with van der Waals surface area (Å²) in [6.45, 7) is 4.07. The maximum Gasteiger partial charge on any atom is 0.280 e. The van der Waals surface area contributed by atoms with Crippen molar-refractivity contribution in [1.29, 1.82) is 0 Å². The quantitative estimate of drug-likeness (QED) is 0.527. The van der Waals surface area contributed by atoms with Crippen molar-refractivity contribution in [2.75, 3.05) is 5.75 Å². The lowest BCUT2D eigenvalue weighted by Crippen LogP contribution is -2.61. The molecule has 7 atom stereocenters. The molecule has 194 valence electrons. The molecule has 6 unspecified atom stereocenters. The van der Waals surface area contributed by atoms with Crippen LogP contribution >= 0.6 is 11.8 Å². The van der Waals surface area contributed by atoms with Crippen molar-refractivity contribution in [3.8, 4) is 0 Å². The first-order valence-electron chi connectivity index (χ1n) is 13.1. The Balaban J connectivity index is 1.25. The van der Waals surface area contributed by atoms with E-state index in [0.29, 0.717) is 30.3 Å². The number of allylic oxidation sites excluding steroid dienone is 4. The molecular weight excluding hydrogens is 488 g/mol. The number of hydrogen-bond acceptors (Lipinski definition) is 7. The number of benzene rings is 1. The number of aromatic amines is 1. The zero-order valence-electron chi connectivity index (χ0n) is 21.1. The number of nitrogens with one attached hydrogen (secondary N) is 1. The van der Waals surface area contributed by atoms with E-state index in [2.05, 4.69) is 16.9 Å². The van der Waals surface area contributed by atoms with Crippen LogP contribution in [0.2, 0.25) is 0 Å². The predicted molar refractivity (Wildman–Crippen MR) is 141 cm³/mol. The first-order valence-corrected chi connectivity index (χ1v) is 14.1.